The molecule has 1 amide bonds. The number of allylic oxidation sites excluding steroid dienone is 1. The number of carbonyl (C=O) groups excluding carboxylic acids is 1. The maximum atomic E-state index is 12.9. The Morgan fingerprint density at radius 2 is 1.97 bits per heavy atom. The fourth-order valence-electron chi connectivity index (χ4n) is 4.96. The fraction of sp³-hybridized carbons (Fsp3) is 0.600. The summed E-state index contributed by atoms with van der Waals surface area (Å²) >= 11 is 0. The molecule has 3 unspecified atom stereocenters. The first kappa shape index (κ1) is 23.5. The van der Waals surface area contributed by atoms with Gasteiger partial charge in [0.2, 0.25) is 5.91 Å². The number of aliphatic hydroxyl groups is 2. The Labute approximate surface area is 185 Å². The number of aliphatic hydroxyl groups excluding tert-OH is 2. The lowest BCUT2D eigenvalue weighted by Crippen LogP contribution is -2.30. The van der Waals surface area contributed by atoms with E-state index in [4.69, 9.17) is 9.84 Å². The van der Waals surface area contributed by atoms with Gasteiger partial charge < -0.3 is 14.9 Å². The molecule has 0 radical (unpaired) electrons. The van der Waals surface area contributed by atoms with Crippen molar-refractivity contribution >= 4 is 11.6 Å². The first-order chi connectivity index (χ1) is 14.6. The first-order valence-corrected chi connectivity index (χ1v) is 11.1. The van der Waals surface area contributed by atoms with Crippen molar-refractivity contribution in [1.82, 2.24) is 5.01 Å². The number of amides is 1. The highest BCUT2D eigenvalue weighted by atomic mass is 16.5. The second-order valence-corrected chi connectivity index (χ2v) is 9.63. The second kappa shape index (κ2) is 9.13. The SMILES string of the molecule is C=C1/C(C)=N\N(C(=O)CCc2cc(C)c(OCC(O)CO)c(C)c2)CCC2C1C2(C)C. The van der Waals surface area contributed by atoms with Gasteiger partial charge in [-0.3, -0.25) is 4.79 Å². The van der Waals surface area contributed by atoms with Crippen LogP contribution in [0.5, 0.6) is 5.75 Å². The van der Waals surface area contributed by atoms with E-state index in [1.54, 1.807) is 5.01 Å². The summed E-state index contributed by atoms with van der Waals surface area (Å²) in [7, 11) is 0. The van der Waals surface area contributed by atoms with E-state index < -0.39 is 6.10 Å². The van der Waals surface area contributed by atoms with Crippen molar-refractivity contribution in [2.75, 3.05) is 19.8 Å². The molecule has 1 aliphatic carbocycles. The van der Waals surface area contributed by atoms with Gasteiger partial charge in [-0.2, -0.15) is 5.10 Å². The van der Waals surface area contributed by atoms with Crippen molar-refractivity contribution in [2.45, 2.75) is 60.0 Å². The van der Waals surface area contributed by atoms with Gasteiger partial charge in [-0.1, -0.05) is 32.6 Å². The topological polar surface area (TPSA) is 82.4 Å². The molecular formula is C25H36N2O4. The summed E-state index contributed by atoms with van der Waals surface area (Å²) in [6, 6.07) is 4.03. The van der Waals surface area contributed by atoms with Crippen LogP contribution in [0.15, 0.2) is 29.4 Å². The smallest absolute Gasteiger partial charge is 0.242 e. The number of hydrazone groups is 1. The zero-order valence-electron chi connectivity index (χ0n) is 19.4. The van der Waals surface area contributed by atoms with E-state index in [2.05, 4.69) is 25.5 Å². The van der Waals surface area contributed by atoms with E-state index in [-0.39, 0.29) is 24.5 Å². The molecule has 0 bridgehead atoms. The summed E-state index contributed by atoms with van der Waals surface area (Å²) in [5.41, 5.74) is 5.16. The monoisotopic (exact) mass is 428 g/mol. The molecule has 0 saturated heterocycles. The van der Waals surface area contributed by atoms with E-state index in [0.29, 0.717) is 37.0 Å². The average molecular weight is 429 g/mol. The van der Waals surface area contributed by atoms with Crippen LogP contribution in [-0.2, 0) is 11.2 Å². The Morgan fingerprint density at radius 3 is 2.58 bits per heavy atom. The third kappa shape index (κ3) is 5.01. The van der Waals surface area contributed by atoms with Gasteiger partial charge in [0.25, 0.3) is 0 Å². The molecule has 2 aliphatic rings. The quantitative estimate of drug-likeness (QED) is 0.697. The number of hydrogen-bond acceptors (Lipinski definition) is 5. The molecule has 31 heavy (non-hydrogen) atoms. The summed E-state index contributed by atoms with van der Waals surface area (Å²) in [5, 5.41) is 24.7. The number of benzene rings is 1. The molecule has 170 valence electrons. The van der Waals surface area contributed by atoms with Crippen LogP contribution in [0.4, 0.5) is 0 Å². The maximum Gasteiger partial charge on any atom is 0.242 e. The Morgan fingerprint density at radius 1 is 1.32 bits per heavy atom. The minimum Gasteiger partial charge on any atom is -0.490 e. The Balaban J connectivity index is 1.63. The highest BCUT2D eigenvalue weighted by Gasteiger charge is 2.58. The van der Waals surface area contributed by atoms with Gasteiger partial charge in [-0.05, 0) is 73.1 Å². The summed E-state index contributed by atoms with van der Waals surface area (Å²) in [6.07, 6.45) is 1.08. The van der Waals surface area contributed by atoms with Crippen molar-refractivity contribution in [2.24, 2.45) is 22.4 Å². The Bertz CT molecular complexity index is 867. The van der Waals surface area contributed by atoms with E-state index in [1.807, 2.05) is 32.9 Å². The number of hydrogen-bond donors (Lipinski definition) is 2. The van der Waals surface area contributed by atoms with Crippen LogP contribution in [0, 0.1) is 31.1 Å². The highest BCUT2D eigenvalue weighted by molar-refractivity contribution is 5.99. The number of nitrogens with zero attached hydrogens (tertiary/aromatic N) is 2. The summed E-state index contributed by atoms with van der Waals surface area (Å²) in [6.45, 7) is 15.0. The molecule has 1 heterocycles. The second-order valence-electron chi connectivity index (χ2n) is 9.63. The van der Waals surface area contributed by atoms with Gasteiger partial charge in [-0.15, -0.1) is 0 Å². The Hall–Kier alpha value is -2.18. The number of rotatable bonds is 7. The average Bonchev–Trinajstić information content (AvgIpc) is 3.25. The third-order valence-electron chi connectivity index (χ3n) is 6.88. The Kier molecular flexibility index (Phi) is 6.92. The fourth-order valence-corrected chi connectivity index (χ4v) is 4.96. The number of carbonyl (C=O) groups is 1. The van der Waals surface area contributed by atoms with E-state index >= 15 is 0 Å². The van der Waals surface area contributed by atoms with E-state index in [0.717, 1.165) is 34.4 Å². The van der Waals surface area contributed by atoms with Gasteiger partial charge in [0, 0.05) is 13.0 Å². The van der Waals surface area contributed by atoms with Gasteiger partial charge in [0.15, 0.2) is 0 Å². The largest absolute Gasteiger partial charge is 0.490 e. The van der Waals surface area contributed by atoms with Crippen LogP contribution >= 0.6 is 0 Å². The highest BCUT2D eigenvalue weighted by Crippen LogP contribution is 2.63. The van der Waals surface area contributed by atoms with Crippen molar-refractivity contribution in [3.8, 4) is 5.75 Å². The molecule has 1 fully saturated rings. The van der Waals surface area contributed by atoms with Crippen LogP contribution in [0.25, 0.3) is 0 Å². The van der Waals surface area contributed by atoms with Crippen LogP contribution in [0.1, 0.15) is 50.3 Å². The molecule has 0 aromatic heterocycles. The zero-order chi connectivity index (χ0) is 22.9. The number of aryl methyl sites for hydroxylation is 3. The zero-order valence-corrected chi connectivity index (χ0v) is 19.4. The summed E-state index contributed by atoms with van der Waals surface area (Å²) in [4.78, 5) is 12.9. The van der Waals surface area contributed by atoms with E-state index in [9.17, 15) is 9.90 Å². The van der Waals surface area contributed by atoms with Crippen LogP contribution in [0.2, 0.25) is 0 Å². The molecule has 6 nitrogen and oxygen atoms in total. The van der Waals surface area contributed by atoms with Crippen molar-refractivity contribution < 1.29 is 19.7 Å². The molecule has 6 heteroatoms. The molecule has 0 spiro atoms. The van der Waals surface area contributed by atoms with Crippen molar-refractivity contribution in [3.05, 3.63) is 41.0 Å². The maximum absolute atomic E-state index is 12.9. The summed E-state index contributed by atoms with van der Waals surface area (Å²) in [5.74, 6) is 1.80. The van der Waals surface area contributed by atoms with Crippen LogP contribution in [0.3, 0.4) is 0 Å². The summed E-state index contributed by atoms with van der Waals surface area (Å²) < 4.78 is 5.66. The van der Waals surface area contributed by atoms with Crippen LogP contribution in [-0.4, -0.2) is 52.7 Å². The lowest BCUT2D eigenvalue weighted by Gasteiger charge is -2.21. The number of fused-ring (bicyclic) bond motifs is 1. The molecule has 2 N–H and O–H groups in total. The predicted molar refractivity (Wildman–Crippen MR) is 122 cm³/mol. The van der Waals surface area contributed by atoms with Crippen LogP contribution < -0.4 is 4.74 Å². The third-order valence-corrected chi connectivity index (χ3v) is 6.88. The van der Waals surface area contributed by atoms with Gasteiger partial charge in [-0.25, -0.2) is 5.01 Å². The van der Waals surface area contributed by atoms with Gasteiger partial charge in [0.05, 0.1) is 12.3 Å². The molecule has 3 atom stereocenters. The normalized spacial score (nSPS) is 25.1. The molecular weight excluding hydrogens is 392 g/mol. The lowest BCUT2D eigenvalue weighted by molar-refractivity contribution is -0.131. The number of ether oxygens (including phenoxy) is 1. The van der Waals surface area contributed by atoms with E-state index in [1.165, 1.54) is 0 Å². The molecule has 1 aromatic rings. The lowest BCUT2D eigenvalue weighted by atomic mass is 10.0. The van der Waals surface area contributed by atoms with Gasteiger partial charge >= 0.3 is 0 Å². The minimum atomic E-state index is -0.898. The molecule has 3 rings (SSSR count). The minimum absolute atomic E-state index is 0.0331. The van der Waals surface area contributed by atoms with Crippen molar-refractivity contribution in [1.29, 1.82) is 0 Å². The predicted octanol–water partition coefficient (Wildman–Crippen LogP) is 3.40. The molecule has 1 aromatic carbocycles. The molecule has 1 aliphatic heterocycles. The molecule has 1 saturated carbocycles. The first-order valence-electron chi connectivity index (χ1n) is 11.1. The van der Waals surface area contributed by atoms with Crippen molar-refractivity contribution in [3.63, 3.8) is 0 Å². The standard InChI is InChI=1S/C25H36N2O4/c1-15-11-19(12-16(2)24(15)31-14-20(29)13-28)7-8-22(30)27-10-9-21-23(25(21,5)6)17(3)18(4)26-27/h11-12,20-21,23,28-29H,3,7-10,13-14H2,1-2,4-6H3/b26-18-. The van der Waals surface area contributed by atoms with Gasteiger partial charge in [0.1, 0.15) is 18.5 Å².